The zero-order valence-electron chi connectivity index (χ0n) is 9.21. The molecule has 2 nitrogen and oxygen atoms in total. The smallest absolute Gasteiger partial charge is 0.0933 e. The highest BCUT2D eigenvalue weighted by molar-refractivity contribution is 7.11. The second-order valence-corrected chi connectivity index (χ2v) is 5.21. The molecular weight excluding hydrogens is 194 g/mol. The van der Waals surface area contributed by atoms with Gasteiger partial charge in [0.1, 0.15) is 0 Å². The van der Waals surface area contributed by atoms with Crippen LogP contribution in [0.25, 0.3) is 0 Å². The number of hydrogen-bond donors (Lipinski definition) is 1. The standard InChI is InChI=1S/C11H19NOS/c1-8(2)7-11-12-9(3)10(14-11)5-4-6-13/h8,13H,4-7H2,1-3H3. The van der Waals surface area contributed by atoms with E-state index < -0.39 is 0 Å². The van der Waals surface area contributed by atoms with E-state index in [2.05, 4.69) is 25.8 Å². The molecule has 0 bridgehead atoms. The Morgan fingerprint density at radius 1 is 1.43 bits per heavy atom. The van der Waals surface area contributed by atoms with Gasteiger partial charge in [0.25, 0.3) is 0 Å². The molecular formula is C11H19NOS. The summed E-state index contributed by atoms with van der Waals surface area (Å²) in [5, 5.41) is 10.00. The minimum atomic E-state index is 0.275. The van der Waals surface area contributed by atoms with Gasteiger partial charge in [-0.2, -0.15) is 0 Å². The third-order valence-electron chi connectivity index (χ3n) is 2.08. The first kappa shape index (κ1) is 11.7. The van der Waals surface area contributed by atoms with Crippen LogP contribution >= 0.6 is 11.3 Å². The number of aliphatic hydroxyl groups is 1. The van der Waals surface area contributed by atoms with Crippen molar-refractivity contribution in [1.29, 1.82) is 0 Å². The summed E-state index contributed by atoms with van der Waals surface area (Å²) in [6, 6.07) is 0. The Balaban J connectivity index is 2.62. The highest BCUT2D eigenvalue weighted by Gasteiger charge is 2.08. The van der Waals surface area contributed by atoms with E-state index in [1.54, 1.807) is 11.3 Å². The second kappa shape index (κ2) is 5.47. The summed E-state index contributed by atoms with van der Waals surface area (Å²) in [5.74, 6) is 0.672. The van der Waals surface area contributed by atoms with Crippen LogP contribution in [-0.4, -0.2) is 16.7 Å². The number of aliphatic hydroxyl groups excluding tert-OH is 1. The molecule has 1 N–H and O–H groups in total. The monoisotopic (exact) mass is 213 g/mol. The van der Waals surface area contributed by atoms with Gasteiger partial charge in [-0.1, -0.05) is 13.8 Å². The summed E-state index contributed by atoms with van der Waals surface area (Å²) in [7, 11) is 0. The summed E-state index contributed by atoms with van der Waals surface area (Å²) in [6.07, 6.45) is 2.90. The molecule has 1 aromatic heterocycles. The average Bonchev–Trinajstić information content (AvgIpc) is 2.41. The predicted octanol–water partition coefficient (Wildman–Crippen LogP) is 2.57. The fourth-order valence-electron chi connectivity index (χ4n) is 1.40. The van der Waals surface area contributed by atoms with Crippen LogP contribution in [0.4, 0.5) is 0 Å². The first-order valence-corrected chi connectivity index (χ1v) is 6.01. The third-order valence-corrected chi connectivity index (χ3v) is 3.32. The van der Waals surface area contributed by atoms with Crippen molar-refractivity contribution in [2.45, 2.75) is 40.0 Å². The first-order chi connectivity index (χ1) is 6.63. The number of aryl methyl sites for hydroxylation is 2. The molecule has 0 spiro atoms. The quantitative estimate of drug-likeness (QED) is 0.815. The van der Waals surface area contributed by atoms with Gasteiger partial charge in [-0.25, -0.2) is 4.98 Å². The number of rotatable bonds is 5. The van der Waals surface area contributed by atoms with Crippen molar-refractivity contribution in [2.75, 3.05) is 6.61 Å². The van der Waals surface area contributed by atoms with Gasteiger partial charge in [0, 0.05) is 17.9 Å². The molecule has 1 rings (SSSR count). The zero-order chi connectivity index (χ0) is 10.6. The van der Waals surface area contributed by atoms with Crippen molar-refractivity contribution in [3.63, 3.8) is 0 Å². The van der Waals surface area contributed by atoms with Gasteiger partial charge in [0.2, 0.25) is 0 Å². The van der Waals surface area contributed by atoms with Crippen LogP contribution in [-0.2, 0) is 12.8 Å². The topological polar surface area (TPSA) is 33.1 Å². The van der Waals surface area contributed by atoms with Crippen molar-refractivity contribution in [3.05, 3.63) is 15.6 Å². The van der Waals surface area contributed by atoms with Crippen molar-refractivity contribution >= 4 is 11.3 Å². The predicted molar refractivity (Wildman–Crippen MR) is 60.8 cm³/mol. The molecule has 0 aliphatic carbocycles. The molecule has 0 unspecified atom stereocenters. The molecule has 3 heteroatoms. The fraction of sp³-hybridized carbons (Fsp3) is 0.727. The number of nitrogens with zero attached hydrogens (tertiary/aromatic N) is 1. The van der Waals surface area contributed by atoms with Crippen LogP contribution in [0.1, 0.15) is 35.8 Å². The van der Waals surface area contributed by atoms with Crippen molar-refractivity contribution in [2.24, 2.45) is 5.92 Å². The number of aromatic nitrogens is 1. The summed E-state index contributed by atoms with van der Waals surface area (Å²) < 4.78 is 0. The molecule has 1 aromatic rings. The minimum absolute atomic E-state index is 0.275. The van der Waals surface area contributed by atoms with E-state index in [-0.39, 0.29) is 6.61 Å². The maximum absolute atomic E-state index is 8.75. The molecule has 0 aliphatic heterocycles. The Hall–Kier alpha value is -0.410. The van der Waals surface area contributed by atoms with E-state index >= 15 is 0 Å². The molecule has 0 aliphatic rings. The van der Waals surface area contributed by atoms with E-state index in [0.29, 0.717) is 5.92 Å². The maximum atomic E-state index is 8.75. The lowest BCUT2D eigenvalue weighted by Gasteiger charge is -1.98. The van der Waals surface area contributed by atoms with E-state index in [1.807, 2.05) is 0 Å². The molecule has 0 aromatic carbocycles. The van der Waals surface area contributed by atoms with Gasteiger partial charge >= 0.3 is 0 Å². The van der Waals surface area contributed by atoms with Gasteiger partial charge in [-0.15, -0.1) is 11.3 Å². The van der Waals surface area contributed by atoms with Crippen molar-refractivity contribution in [3.8, 4) is 0 Å². The molecule has 0 saturated carbocycles. The zero-order valence-corrected chi connectivity index (χ0v) is 10.0. The summed E-state index contributed by atoms with van der Waals surface area (Å²) in [6.45, 7) is 6.76. The summed E-state index contributed by atoms with van der Waals surface area (Å²) in [5.41, 5.74) is 1.15. The minimum Gasteiger partial charge on any atom is -0.396 e. The summed E-state index contributed by atoms with van der Waals surface area (Å²) >= 11 is 1.81. The van der Waals surface area contributed by atoms with E-state index in [1.165, 1.54) is 9.88 Å². The Kier molecular flexibility index (Phi) is 4.55. The molecule has 0 fully saturated rings. The van der Waals surface area contributed by atoms with Gasteiger partial charge in [-0.05, 0) is 25.7 Å². The third kappa shape index (κ3) is 3.39. The largest absolute Gasteiger partial charge is 0.396 e. The highest BCUT2D eigenvalue weighted by atomic mass is 32.1. The lowest BCUT2D eigenvalue weighted by Crippen LogP contribution is -1.92. The Morgan fingerprint density at radius 2 is 2.14 bits per heavy atom. The van der Waals surface area contributed by atoms with Crippen LogP contribution in [0.3, 0.4) is 0 Å². The number of thiazole rings is 1. The normalized spacial score (nSPS) is 11.2. The second-order valence-electron chi connectivity index (χ2n) is 4.04. The van der Waals surface area contributed by atoms with Crippen LogP contribution < -0.4 is 0 Å². The van der Waals surface area contributed by atoms with Crippen LogP contribution in [0, 0.1) is 12.8 Å². The molecule has 0 radical (unpaired) electrons. The van der Waals surface area contributed by atoms with Gasteiger partial charge < -0.3 is 5.11 Å². The first-order valence-electron chi connectivity index (χ1n) is 5.19. The highest BCUT2D eigenvalue weighted by Crippen LogP contribution is 2.21. The van der Waals surface area contributed by atoms with E-state index in [4.69, 9.17) is 5.11 Å². The van der Waals surface area contributed by atoms with Gasteiger partial charge in [0.15, 0.2) is 0 Å². The Morgan fingerprint density at radius 3 is 2.71 bits per heavy atom. The maximum Gasteiger partial charge on any atom is 0.0933 e. The molecule has 80 valence electrons. The molecule has 0 saturated heterocycles. The lowest BCUT2D eigenvalue weighted by molar-refractivity contribution is 0.289. The molecule has 1 heterocycles. The average molecular weight is 213 g/mol. The lowest BCUT2D eigenvalue weighted by atomic mass is 10.1. The van der Waals surface area contributed by atoms with Crippen molar-refractivity contribution < 1.29 is 5.11 Å². The van der Waals surface area contributed by atoms with Crippen LogP contribution in [0.15, 0.2) is 0 Å². The van der Waals surface area contributed by atoms with Crippen LogP contribution in [0.2, 0.25) is 0 Å². The molecule has 0 amide bonds. The van der Waals surface area contributed by atoms with Crippen LogP contribution in [0.5, 0.6) is 0 Å². The summed E-state index contributed by atoms with van der Waals surface area (Å²) in [4.78, 5) is 5.88. The van der Waals surface area contributed by atoms with E-state index in [9.17, 15) is 0 Å². The van der Waals surface area contributed by atoms with Gasteiger partial charge in [-0.3, -0.25) is 0 Å². The van der Waals surface area contributed by atoms with Crippen molar-refractivity contribution in [1.82, 2.24) is 4.98 Å². The SMILES string of the molecule is Cc1nc(CC(C)C)sc1CCCO. The number of hydrogen-bond acceptors (Lipinski definition) is 3. The Labute approximate surface area is 90.0 Å². The Bertz CT molecular complexity index is 281. The van der Waals surface area contributed by atoms with E-state index in [0.717, 1.165) is 25.0 Å². The molecule has 14 heavy (non-hydrogen) atoms. The fourth-order valence-corrected chi connectivity index (χ4v) is 2.72. The molecule has 0 atom stereocenters. The van der Waals surface area contributed by atoms with Gasteiger partial charge in [0.05, 0.1) is 10.7 Å².